The van der Waals surface area contributed by atoms with E-state index < -0.39 is 0 Å². The molecule has 0 N–H and O–H groups in total. The molecule has 0 aliphatic carbocycles. The van der Waals surface area contributed by atoms with Crippen molar-refractivity contribution < 1.29 is 0 Å². The maximum Gasteiger partial charge on any atom is 0.155 e. The molecule has 1 radical (unpaired) electrons. The van der Waals surface area contributed by atoms with Crippen molar-refractivity contribution in [3.8, 4) is 0 Å². The zero-order valence-electron chi connectivity index (χ0n) is 8.82. The SMILES string of the molecule is CN1CCC([B]c2ccccc2)CC1. The molecule has 14 heavy (non-hydrogen) atoms. The second-order valence-electron chi connectivity index (χ2n) is 4.22. The van der Waals surface area contributed by atoms with Crippen molar-refractivity contribution >= 4 is 12.7 Å². The lowest BCUT2D eigenvalue weighted by molar-refractivity contribution is 0.277. The van der Waals surface area contributed by atoms with Gasteiger partial charge in [0.1, 0.15) is 0 Å². The minimum atomic E-state index is 0.786. The van der Waals surface area contributed by atoms with Crippen LogP contribution in [0.15, 0.2) is 30.3 Å². The average Bonchev–Trinajstić information content (AvgIpc) is 2.23. The molecular formula is C12H17BN. The van der Waals surface area contributed by atoms with E-state index in [0.29, 0.717) is 0 Å². The van der Waals surface area contributed by atoms with E-state index in [0.717, 1.165) is 5.82 Å². The molecule has 2 heteroatoms. The van der Waals surface area contributed by atoms with Gasteiger partial charge < -0.3 is 4.90 Å². The fourth-order valence-corrected chi connectivity index (χ4v) is 2.03. The van der Waals surface area contributed by atoms with E-state index in [9.17, 15) is 0 Å². The highest BCUT2D eigenvalue weighted by atomic mass is 15.1. The molecule has 0 atom stereocenters. The molecule has 2 rings (SSSR count). The maximum absolute atomic E-state index is 2.42. The molecule has 0 aromatic heterocycles. The van der Waals surface area contributed by atoms with Crippen molar-refractivity contribution in [2.45, 2.75) is 18.7 Å². The predicted molar refractivity (Wildman–Crippen MR) is 62.3 cm³/mol. The quantitative estimate of drug-likeness (QED) is 0.633. The van der Waals surface area contributed by atoms with Crippen LogP contribution in [-0.4, -0.2) is 32.3 Å². The van der Waals surface area contributed by atoms with Crippen LogP contribution >= 0.6 is 0 Å². The van der Waals surface area contributed by atoms with Gasteiger partial charge in [-0.15, -0.1) is 0 Å². The number of piperidine rings is 1. The molecule has 1 fully saturated rings. The van der Waals surface area contributed by atoms with Gasteiger partial charge in [-0.1, -0.05) is 41.6 Å². The zero-order chi connectivity index (χ0) is 9.80. The molecule has 73 valence electrons. The highest BCUT2D eigenvalue weighted by Gasteiger charge is 2.17. The van der Waals surface area contributed by atoms with Gasteiger partial charge in [0.05, 0.1) is 0 Å². The number of nitrogens with zero attached hydrogens (tertiary/aromatic N) is 1. The summed E-state index contributed by atoms with van der Waals surface area (Å²) in [5, 5.41) is 0. The van der Waals surface area contributed by atoms with Gasteiger partial charge >= 0.3 is 0 Å². The molecule has 1 nitrogen and oxygen atoms in total. The van der Waals surface area contributed by atoms with Crippen molar-refractivity contribution in [2.75, 3.05) is 20.1 Å². The molecule has 0 unspecified atom stereocenters. The Labute approximate surface area is 87.4 Å². The van der Waals surface area contributed by atoms with Gasteiger partial charge in [0.15, 0.2) is 7.28 Å². The fourth-order valence-electron chi connectivity index (χ4n) is 2.03. The standard InChI is InChI=1S/C12H17BN/c1-14-9-7-12(8-10-14)13-11-5-3-2-4-6-11/h2-6,12H,7-10H2,1H3. The molecule has 0 amide bonds. The van der Waals surface area contributed by atoms with Crippen LogP contribution in [0.25, 0.3) is 0 Å². The second kappa shape index (κ2) is 4.65. The molecule has 1 saturated heterocycles. The Hall–Kier alpha value is -0.755. The van der Waals surface area contributed by atoms with Gasteiger partial charge in [-0.25, -0.2) is 0 Å². The third kappa shape index (κ3) is 2.61. The van der Waals surface area contributed by atoms with E-state index in [1.807, 2.05) is 0 Å². The monoisotopic (exact) mass is 186 g/mol. The molecular weight excluding hydrogens is 169 g/mol. The highest BCUT2D eigenvalue weighted by Crippen LogP contribution is 2.20. The summed E-state index contributed by atoms with van der Waals surface area (Å²) in [7, 11) is 4.63. The fraction of sp³-hybridized carbons (Fsp3) is 0.500. The normalized spacial score (nSPS) is 19.5. The predicted octanol–water partition coefficient (Wildman–Crippen LogP) is 1.53. The smallest absolute Gasteiger partial charge is 0.155 e. The van der Waals surface area contributed by atoms with Crippen molar-refractivity contribution in [1.82, 2.24) is 4.90 Å². The zero-order valence-corrected chi connectivity index (χ0v) is 8.82. The van der Waals surface area contributed by atoms with Crippen LogP contribution in [0.1, 0.15) is 12.8 Å². The van der Waals surface area contributed by atoms with Crippen molar-refractivity contribution in [3.05, 3.63) is 30.3 Å². The Morgan fingerprint density at radius 1 is 1.14 bits per heavy atom. The minimum Gasteiger partial charge on any atom is -0.306 e. The molecule has 1 aliphatic heterocycles. The van der Waals surface area contributed by atoms with Crippen LogP contribution in [0.4, 0.5) is 0 Å². The summed E-state index contributed by atoms with van der Waals surface area (Å²) in [6.07, 6.45) is 2.62. The first-order valence-electron chi connectivity index (χ1n) is 5.43. The average molecular weight is 186 g/mol. The second-order valence-corrected chi connectivity index (χ2v) is 4.22. The summed E-state index contributed by atoms with van der Waals surface area (Å²) < 4.78 is 0. The summed E-state index contributed by atoms with van der Waals surface area (Å²) in [5.74, 6) is 0.786. The van der Waals surface area contributed by atoms with Crippen LogP contribution < -0.4 is 5.46 Å². The van der Waals surface area contributed by atoms with Crippen molar-refractivity contribution in [1.29, 1.82) is 0 Å². The molecule has 0 saturated carbocycles. The van der Waals surface area contributed by atoms with Crippen LogP contribution in [0.5, 0.6) is 0 Å². The van der Waals surface area contributed by atoms with Crippen LogP contribution in [0, 0.1) is 0 Å². The van der Waals surface area contributed by atoms with Gasteiger partial charge in [-0.3, -0.25) is 0 Å². The largest absolute Gasteiger partial charge is 0.306 e. The first kappa shape index (κ1) is 9.79. The Morgan fingerprint density at radius 3 is 2.43 bits per heavy atom. The summed E-state index contributed by atoms with van der Waals surface area (Å²) in [5.41, 5.74) is 1.38. The Kier molecular flexibility index (Phi) is 3.25. The van der Waals surface area contributed by atoms with Crippen LogP contribution in [0.2, 0.25) is 5.82 Å². The first-order chi connectivity index (χ1) is 6.84. The molecule has 1 aromatic rings. The molecule has 1 aliphatic rings. The molecule has 0 spiro atoms. The van der Waals surface area contributed by atoms with E-state index in [1.165, 1.54) is 31.4 Å². The van der Waals surface area contributed by atoms with E-state index in [-0.39, 0.29) is 0 Å². The van der Waals surface area contributed by atoms with Gasteiger partial charge in [-0.2, -0.15) is 0 Å². The Balaban J connectivity index is 1.87. The maximum atomic E-state index is 2.42. The van der Waals surface area contributed by atoms with Gasteiger partial charge in [-0.05, 0) is 33.0 Å². The topological polar surface area (TPSA) is 3.24 Å². The van der Waals surface area contributed by atoms with Crippen molar-refractivity contribution in [2.24, 2.45) is 0 Å². The molecule has 1 aromatic carbocycles. The van der Waals surface area contributed by atoms with Crippen LogP contribution in [-0.2, 0) is 0 Å². The third-order valence-corrected chi connectivity index (χ3v) is 2.99. The van der Waals surface area contributed by atoms with E-state index in [4.69, 9.17) is 0 Å². The lowest BCUT2D eigenvalue weighted by Crippen LogP contribution is -2.32. The van der Waals surface area contributed by atoms with Crippen LogP contribution in [0.3, 0.4) is 0 Å². The third-order valence-electron chi connectivity index (χ3n) is 2.99. The minimum absolute atomic E-state index is 0.786. The van der Waals surface area contributed by atoms with Crippen molar-refractivity contribution in [3.63, 3.8) is 0 Å². The summed E-state index contributed by atoms with van der Waals surface area (Å²) in [4.78, 5) is 2.41. The van der Waals surface area contributed by atoms with Gasteiger partial charge in [0, 0.05) is 0 Å². The van der Waals surface area contributed by atoms with E-state index >= 15 is 0 Å². The molecule has 0 bridgehead atoms. The highest BCUT2D eigenvalue weighted by molar-refractivity contribution is 6.54. The lowest BCUT2D eigenvalue weighted by atomic mass is 9.56. The first-order valence-corrected chi connectivity index (χ1v) is 5.43. The lowest BCUT2D eigenvalue weighted by Gasteiger charge is -2.28. The number of hydrogen-bond acceptors (Lipinski definition) is 1. The van der Waals surface area contributed by atoms with Gasteiger partial charge in [0.2, 0.25) is 0 Å². The number of hydrogen-bond donors (Lipinski definition) is 0. The summed E-state index contributed by atoms with van der Waals surface area (Å²) in [6.45, 7) is 2.49. The summed E-state index contributed by atoms with van der Waals surface area (Å²) in [6, 6.07) is 10.7. The van der Waals surface area contributed by atoms with Gasteiger partial charge in [0.25, 0.3) is 0 Å². The number of rotatable bonds is 2. The number of likely N-dealkylation sites (tertiary alicyclic amines) is 1. The van der Waals surface area contributed by atoms with E-state index in [1.54, 1.807) is 0 Å². The van der Waals surface area contributed by atoms with E-state index in [2.05, 4.69) is 49.6 Å². The summed E-state index contributed by atoms with van der Waals surface area (Å²) >= 11 is 0. The molecule has 1 heterocycles. The number of benzene rings is 1. The Bertz CT molecular complexity index is 265. The Morgan fingerprint density at radius 2 is 1.79 bits per heavy atom.